The van der Waals surface area contributed by atoms with E-state index in [0.29, 0.717) is 22.8 Å². The highest BCUT2D eigenvalue weighted by atomic mass is 35.5. The third-order valence-electron chi connectivity index (χ3n) is 3.83. The summed E-state index contributed by atoms with van der Waals surface area (Å²) in [5, 5.41) is 0.358. The molecule has 0 bridgehead atoms. The van der Waals surface area contributed by atoms with Gasteiger partial charge in [-0.15, -0.1) is 11.8 Å². The van der Waals surface area contributed by atoms with E-state index >= 15 is 0 Å². The van der Waals surface area contributed by atoms with Crippen LogP contribution in [0.1, 0.15) is 23.2 Å². The lowest BCUT2D eigenvalue weighted by molar-refractivity contribution is -0.117. The van der Waals surface area contributed by atoms with Crippen molar-refractivity contribution < 1.29 is 14.3 Å². The molecule has 3 rings (SSSR count). The molecule has 0 aliphatic carbocycles. The van der Waals surface area contributed by atoms with E-state index in [9.17, 15) is 9.59 Å². The van der Waals surface area contributed by atoms with Crippen molar-refractivity contribution in [2.45, 2.75) is 17.7 Å². The minimum atomic E-state index is -0.499. The van der Waals surface area contributed by atoms with E-state index in [1.807, 2.05) is 12.3 Å². The Hall–Kier alpha value is -1.98. The topological polar surface area (TPSA) is 46.6 Å². The van der Waals surface area contributed by atoms with Gasteiger partial charge >= 0.3 is 5.97 Å². The molecule has 1 aliphatic heterocycles. The van der Waals surface area contributed by atoms with E-state index in [1.54, 1.807) is 41.3 Å². The van der Waals surface area contributed by atoms with Crippen LogP contribution in [0.4, 0.5) is 5.69 Å². The minimum absolute atomic E-state index is 0.125. The van der Waals surface area contributed by atoms with E-state index < -0.39 is 5.97 Å². The lowest BCUT2D eigenvalue weighted by Crippen LogP contribution is -2.23. The molecule has 0 unspecified atom stereocenters. The number of carbonyl (C=O) groups is 2. The second-order valence-electron chi connectivity index (χ2n) is 5.38. The molecule has 124 valence electrons. The molecule has 1 saturated heterocycles. The van der Waals surface area contributed by atoms with Crippen LogP contribution < -0.4 is 9.64 Å². The third-order valence-corrected chi connectivity index (χ3v) is 4.88. The van der Waals surface area contributed by atoms with Gasteiger partial charge in [0.15, 0.2) is 0 Å². The van der Waals surface area contributed by atoms with Gasteiger partial charge in [0.1, 0.15) is 5.75 Å². The standard InChI is InChI=1S/C18H16ClNO3S/c1-24-14-8-9-16(19)15(11-14)18(22)23-13-6-4-12(5-7-13)20-10-2-3-17(20)21/h4-9,11H,2-3,10H2,1H3. The number of esters is 1. The van der Waals surface area contributed by atoms with Crippen molar-refractivity contribution in [3.8, 4) is 5.75 Å². The number of rotatable bonds is 4. The van der Waals surface area contributed by atoms with Crippen molar-refractivity contribution in [3.05, 3.63) is 53.1 Å². The molecule has 0 N–H and O–H groups in total. The minimum Gasteiger partial charge on any atom is -0.423 e. The van der Waals surface area contributed by atoms with Gasteiger partial charge in [-0.3, -0.25) is 4.79 Å². The fourth-order valence-electron chi connectivity index (χ4n) is 2.57. The van der Waals surface area contributed by atoms with E-state index in [1.165, 1.54) is 11.8 Å². The van der Waals surface area contributed by atoms with Crippen molar-refractivity contribution in [3.63, 3.8) is 0 Å². The summed E-state index contributed by atoms with van der Waals surface area (Å²) in [6.07, 6.45) is 3.39. The second kappa shape index (κ2) is 7.28. The van der Waals surface area contributed by atoms with Crippen LogP contribution in [-0.4, -0.2) is 24.7 Å². The summed E-state index contributed by atoms with van der Waals surface area (Å²) in [4.78, 5) is 26.7. The smallest absolute Gasteiger partial charge is 0.345 e. The van der Waals surface area contributed by atoms with Crippen molar-refractivity contribution >= 4 is 40.9 Å². The van der Waals surface area contributed by atoms with Gasteiger partial charge in [0.25, 0.3) is 0 Å². The van der Waals surface area contributed by atoms with Gasteiger partial charge in [-0.1, -0.05) is 11.6 Å². The quantitative estimate of drug-likeness (QED) is 0.460. The summed E-state index contributed by atoms with van der Waals surface area (Å²) >= 11 is 7.62. The van der Waals surface area contributed by atoms with Crippen molar-refractivity contribution in [1.82, 2.24) is 0 Å². The van der Waals surface area contributed by atoms with Gasteiger partial charge in [-0.2, -0.15) is 0 Å². The molecule has 4 nitrogen and oxygen atoms in total. The molecule has 24 heavy (non-hydrogen) atoms. The van der Waals surface area contributed by atoms with Crippen LogP contribution in [0.5, 0.6) is 5.75 Å². The number of hydrogen-bond donors (Lipinski definition) is 0. The normalized spacial score (nSPS) is 14.1. The fraction of sp³-hybridized carbons (Fsp3) is 0.222. The third kappa shape index (κ3) is 3.57. The van der Waals surface area contributed by atoms with Gasteiger partial charge in [0, 0.05) is 23.5 Å². The summed E-state index contributed by atoms with van der Waals surface area (Å²) in [6, 6.07) is 12.2. The van der Waals surface area contributed by atoms with Crippen molar-refractivity contribution in [1.29, 1.82) is 0 Å². The van der Waals surface area contributed by atoms with Gasteiger partial charge in [-0.05, 0) is 55.1 Å². The first-order chi connectivity index (χ1) is 11.6. The number of thioether (sulfide) groups is 1. The number of anilines is 1. The van der Waals surface area contributed by atoms with Gasteiger partial charge in [-0.25, -0.2) is 4.79 Å². The van der Waals surface area contributed by atoms with Crippen LogP contribution in [0, 0.1) is 0 Å². The molecule has 0 atom stereocenters. The molecule has 1 aliphatic rings. The fourth-order valence-corrected chi connectivity index (χ4v) is 3.20. The van der Waals surface area contributed by atoms with Crippen LogP contribution in [0.3, 0.4) is 0 Å². The summed E-state index contributed by atoms with van der Waals surface area (Å²) in [5.41, 5.74) is 1.15. The molecule has 0 aromatic heterocycles. The first-order valence-corrected chi connectivity index (χ1v) is 9.15. The van der Waals surface area contributed by atoms with Gasteiger partial charge in [0.2, 0.25) is 5.91 Å². The molecule has 0 spiro atoms. The Morgan fingerprint density at radius 2 is 1.96 bits per heavy atom. The molecule has 2 aromatic carbocycles. The Balaban J connectivity index is 1.74. The number of amides is 1. The zero-order valence-electron chi connectivity index (χ0n) is 13.1. The first kappa shape index (κ1) is 16.9. The van der Waals surface area contributed by atoms with Crippen LogP contribution in [-0.2, 0) is 4.79 Å². The SMILES string of the molecule is CSc1ccc(Cl)c(C(=O)Oc2ccc(N3CCCC3=O)cc2)c1. The zero-order chi connectivity index (χ0) is 17.1. The number of nitrogens with zero attached hydrogens (tertiary/aromatic N) is 1. The van der Waals surface area contributed by atoms with Crippen LogP contribution >= 0.6 is 23.4 Å². The monoisotopic (exact) mass is 361 g/mol. The lowest BCUT2D eigenvalue weighted by atomic mass is 10.2. The van der Waals surface area contributed by atoms with Crippen molar-refractivity contribution in [2.75, 3.05) is 17.7 Å². The van der Waals surface area contributed by atoms with Gasteiger partial charge in [0.05, 0.1) is 10.6 Å². The predicted molar refractivity (Wildman–Crippen MR) is 96.2 cm³/mol. The predicted octanol–water partition coefficient (Wildman–Crippen LogP) is 4.41. The number of benzene rings is 2. The molecule has 0 radical (unpaired) electrons. The second-order valence-corrected chi connectivity index (χ2v) is 6.66. The largest absolute Gasteiger partial charge is 0.423 e. The highest BCUT2D eigenvalue weighted by Crippen LogP contribution is 2.26. The Labute approximate surface area is 149 Å². The molecule has 2 aromatic rings. The average molecular weight is 362 g/mol. The Bertz CT molecular complexity index is 776. The molecule has 1 amide bonds. The number of carbonyl (C=O) groups excluding carboxylic acids is 2. The Kier molecular flexibility index (Phi) is 5.11. The summed E-state index contributed by atoms with van der Waals surface area (Å²) in [5.74, 6) is 0.0438. The molecular formula is C18H16ClNO3S. The van der Waals surface area contributed by atoms with Crippen LogP contribution in [0.15, 0.2) is 47.4 Å². The molecule has 1 heterocycles. The number of hydrogen-bond acceptors (Lipinski definition) is 4. The van der Waals surface area contributed by atoms with E-state index in [4.69, 9.17) is 16.3 Å². The summed E-state index contributed by atoms with van der Waals surface area (Å²) < 4.78 is 5.39. The molecule has 6 heteroatoms. The molecular weight excluding hydrogens is 346 g/mol. The molecule has 1 fully saturated rings. The maximum Gasteiger partial charge on any atom is 0.345 e. The lowest BCUT2D eigenvalue weighted by Gasteiger charge is -2.15. The number of ether oxygens (including phenoxy) is 1. The van der Waals surface area contributed by atoms with Crippen LogP contribution in [0.25, 0.3) is 0 Å². The highest BCUT2D eigenvalue weighted by Gasteiger charge is 2.21. The highest BCUT2D eigenvalue weighted by molar-refractivity contribution is 7.98. The maximum atomic E-state index is 12.3. The molecule has 0 saturated carbocycles. The van der Waals surface area contributed by atoms with E-state index in [-0.39, 0.29) is 5.91 Å². The maximum absolute atomic E-state index is 12.3. The van der Waals surface area contributed by atoms with Crippen molar-refractivity contribution in [2.24, 2.45) is 0 Å². The first-order valence-electron chi connectivity index (χ1n) is 7.54. The summed E-state index contributed by atoms with van der Waals surface area (Å²) in [7, 11) is 0. The average Bonchev–Trinajstić information content (AvgIpc) is 3.02. The Morgan fingerprint density at radius 3 is 2.58 bits per heavy atom. The zero-order valence-corrected chi connectivity index (χ0v) is 14.7. The van der Waals surface area contributed by atoms with Gasteiger partial charge < -0.3 is 9.64 Å². The Morgan fingerprint density at radius 1 is 1.21 bits per heavy atom. The van der Waals surface area contributed by atoms with E-state index in [2.05, 4.69) is 0 Å². The number of halogens is 1. The summed E-state index contributed by atoms with van der Waals surface area (Å²) in [6.45, 7) is 0.731. The van der Waals surface area contributed by atoms with E-state index in [0.717, 1.165) is 23.5 Å². The van der Waals surface area contributed by atoms with Crippen LogP contribution in [0.2, 0.25) is 5.02 Å².